The highest BCUT2D eigenvalue weighted by molar-refractivity contribution is 7.19. The Morgan fingerprint density at radius 3 is 2.69 bits per heavy atom. The fourth-order valence-corrected chi connectivity index (χ4v) is 4.00. The number of nitrogens with zero attached hydrogens (tertiary/aromatic N) is 2. The smallest absolute Gasteiger partial charge is 0.308 e. The molecule has 0 bridgehead atoms. The van der Waals surface area contributed by atoms with Crippen LogP contribution < -0.4 is 4.74 Å². The number of pyridine rings is 1. The van der Waals surface area contributed by atoms with Gasteiger partial charge in [0.15, 0.2) is 0 Å². The van der Waals surface area contributed by atoms with Crippen LogP contribution in [0.2, 0.25) is 0 Å². The molecule has 1 N–H and O–H groups in total. The van der Waals surface area contributed by atoms with Crippen molar-refractivity contribution in [2.45, 2.75) is 12.8 Å². The van der Waals surface area contributed by atoms with Gasteiger partial charge >= 0.3 is 5.97 Å². The van der Waals surface area contributed by atoms with Crippen LogP contribution in [-0.2, 0) is 11.2 Å². The zero-order valence-corrected chi connectivity index (χ0v) is 15.8. The minimum atomic E-state index is -0.835. The lowest BCUT2D eigenvalue weighted by molar-refractivity contribution is -0.136. The molecule has 26 heavy (non-hydrogen) atoms. The molecule has 0 aliphatic rings. The van der Waals surface area contributed by atoms with Crippen LogP contribution in [0.4, 0.5) is 0 Å². The molecule has 0 atom stereocenters. The molecule has 1 aromatic carbocycles. The van der Waals surface area contributed by atoms with Gasteiger partial charge in [0, 0.05) is 28.6 Å². The van der Waals surface area contributed by atoms with Crippen molar-refractivity contribution in [2.75, 3.05) is 27.2 Å². The summed E-state index contributed by atoms with van der Waals surface area (Å²) in [7, 11) is 4.09. The third-order valence-electron chi connectivity index (χ3n) is 4.01. The summed E-state index contributed by atoms with van der Waals surface area (Å²) >= 11 is 1.44. The number of hydrogen-bond acceptors (Lipinski definition) is 5. The molecular formula is C20H22N2O3S. The molecule has 0 aliphatic heterocycles. The molecule has 0 saturated carbocycles. The zero-order valence-electron chi connectivity index (χ0n) is 14.9. The normalized spacial score (nSPS) is 11.2. The van der Waals surface area contributed by atoms with Crippen LogP contribution in [-0.4, -0.2) is 48.2 Å². The second-order valence-corrected chi connectivity index (χ2v) is 7.44. The number of hydrogen-bond donors (Lipinski definition) is 1. The van der Waals surface area contributed by atoms with Crippen LogP contribution in [0.5, 0.6) is 5.75 Å². The minimum absolute atomic E-state index is 0.000846. The highest BCUT2D eigenvalue weighted by Crippen LogP contribution is 2.38. The molecule has 3 rings (SSSR count). The van der Waals surface area contributed by atoms with Crippen molar-refractivity contribution in [3.05, 3.63) is 47.5 Å². The fourth-order valence-electron chi connectivity index (χ4n) is 2.85. The van der Waals surface area contributed by atoms with Crippen molar-refractivity contribution in [3.63, 3.8) is 0 Å². The van der Waals surface area contributed by atoms with Crippen LogP contribution in [0, 0.1) is 0 Å². The van der Waals surface area contributed by atoms with Crippen LogP contribution in [0.1, 0.15) is 11.3 Å². The molecular weight excluding hydrogens is 348 g/mol. The lowest BCUT2D eigenvalue weighted by atomic mass is 10.0. The Labute approximate surface area is 156 Å². The Bertz CT molecular complexity index is 888. The van der Waals surface area contributed by atoms with E-state index in [1.165, 1.54) is 11.3 Å². The Balaban J connectivity index is 1.83. The first-order valence-corrected chi connectivity index (χ1v) is 9.32. The van der Waals surface area contributed by atoms with E-state index in [-0.39, 0.29) is 6.42 Å². The van der Waals surface area contributed by atoms with Gasteiger partial charge in [-0.15, -0.1) is 11.3 Å². The van der Waals surface area contributed by atoms with Gasteiger partial charge in [0.25, 0.3) is 0 Å². The second kappa shape index (κ2) is 8.29. The molecule has 0 spiro atoms. The summed E-state index contributed by atoms with van der Waals surface area (Å²) in [5.74, 6) is -0.0106. The standard InChI is InChI=1S/C20H22N2O3S/c1-22(2)11-4-12-25-15-8-6-14(7-9-15)19-16-5-3-10-21-20(16)26-17(19)13-18(23)24/h3,5-10H,4,11-13H2,1-2H3,(H,23,24). The molecule has 0 radical (unpaired) electrons. The monoisotopic (exact) mass is 370 g/mol. The third-order valence-corrected chi connectivity index (χ3v) is 5.13. The lowest BCUT2D eigenvalue weighted by Crippen LogP contribution is -2.15. The Kier molecular flexibility index (Phi) is 5.85. The number of rotatable bonds is 8. The van der Waals surface area contributed by atoms with Gasteiger partial charge in [0.05, 0.1) is 13.0 Å². The van der Waals surface area contributed by atoms with E-state index in [1.54, 1.807) is 6.20 Å². The summed E-state index contributed by atoms with van der Waals surface area (Å²) in [6.07, 6.45) is 2.70. The van der Waals surface area contributed by atoms with Crippen molar-refractivity contribution in [1.29, 1.82) is 0 Å². The Morgan fingerprint density at radius 2 is 2.00 bits per heavy atom. The molecule has 2 heterocycles. The van der Waals surface area contributed by atoms with Gasteiger partial charge in [-0.1, -0.05) is 12.1 Å². The topological polar surface area (TPSA) is 62.7 Å². The summed E-state index contributed by atoms with van der Waals surface area (Å²) in [5, 5.41) is 10.2. The molecule has 0 fully saturated rings. The van der Waals surface area contributed by atoms with Gasteiger partial charge in [-0.05, 0) is 50.3 Å². The number of aliphatic carboxylic acids is 1. The van der Waals surface area contributed by atoms with Crippen LogP contribution in [0.15, 0.2) is 42.6 Å². The number of carboxylic acids is 1. The average molecular weight is 370 g/mol. The average Bonchev–Trinajstić information content (AvgIpc) is 2.96. The maximum atomic E-state index is 11.2. The van der Waals surface area contributed by atoms with E-state index in [0.29, 0.717) is 6.61 Å². The minimum Gasteiger partial charge on any atom is -0.494 e. The van der Waals surface area contributed by atoms with Gasteiger partial charge in [-0.2, -0.15) is 0 Å². The van der Waals surface area contributed by atoms with Crippen LogP contribution in [0.3, 0.4) is 0 Å². The van der Waals surface area contributed by atoms with E-state index < -0.39 is 5.97 Å². The lowest BCUT2D eigenvalue weighted by Gasteiger charge is -2.11. The third kappa shape index (κ3) is 4.39. The molecule has 0 aliphatic carbocycles. The van der Waals surface area contributed by atoms with Crippen molar-refractivity contribution >= 4 is 27.5 Å². The molecule has 0 amide bonds. The fraction of sp³-hybridized carbons (Fsp3) is 0.300. The first-order chi connectivity index (χ1) is 12.5. The summed E-state index contributed by atoms with van der Waals surface area (Å²) in [4.78, 5) is 19.4. The summed E-state index contributed by atoms with van der Waals surface area (Å²) in [6.45, 7) is 1.66. The molecule has 0 unspecified atom stereocenters. The number of thiophene rings is 1. The van der Waals surface area contributed by atoms with E-state index in [1.807, 2.05) is 50.5 Å². The van der Waals surface area contributed by atoms with Gasteiger partial charge in [0.1, 0.15) is 10.6 Å². The molecule has 3 aromatic rings. The number of aromatic nitrogens is 1. The first-order valence-electron chi connectivity index (χ1n) is 8.51. The number of fused-ring (bicyclic) bond motifs is 1. The van der Waals surface area contributed by atoms with Crippen LogP contribution >= 0.6 is 11.3 Å². The number of carboxylic acid groups (broad SMARTS) is 1. The molecule has 2 aromatic heterocycles. The Hall–Kier alpha value is -2.44. The summed E-state index contributed by atoms with van der Waals surface area (Å²) < 4.78 is 5.78. The van der Waals surface area contributed by atoms with Gasteiger partial charge in [-0.25, -0.2) is 4.98 Å². The summed E-state index contributed by atoms with van der Waals surface area (Å²) in [6, 6.07) is 11.7. The second-order valence-electron chi connectivity index (χ2n) is 6.36. The molecule has 5 nitrogen and oxygen atoms in total. The van der Waals surface area contributed by atoms with E-state index in [9.17, 15) is 9.90 Å². The molecule has 6 heteroatoms. The number of carbonyl (C=O) groups is 1. The van der Waals surface area contributed by atoms with Crippen molar-refractivity contribution in [3.8, 4) is 16.9 Å². The van der Waals surface area contributed by atoms with E-state index in [2.05, 4.69) is 9.88 Å². The molecule has 136 valence electrons. The van der Waals surface area contributed by atoms with Gasteiger partial charge in [0.2, 0.25) is 0 Å². The van der Waals surface area contributed by atoms with Gasteiger partial charge < -0.3 is 14.7 Å². The number of benzene rings is 1. The largest absolute Gasteiger partial charge is 0.494 e. The highest BCUT2D eigenvalue weighted by atomic mass is 32.1. The van der Waals surface area contributed by atoms with Gasteiger partial charge in [-0.3, -0.25) is 4.79 Å². The maximum Gasteiger partial charge on any atom is 0.308 e. The van der Waals surface area contributed by atoms with Crippen molar-refractivity contribution in [2.24, 2.45) is 0 Å². The predicted octanol–water partition coefficient (Wildman–Crippen LogP) is 3.92. The first kappa shape index (κ1) is 18.4. The highest BCUT2D eigenvalue weighted by Gasteiger charge is 2.17. The summed E-state index contributed by atoms with van der Waals surface area (Å²) in [5.41, 5.74) is 1.95. The van der Waals surface area contributed by atoms with E-state index >= 15 is 0 Å². The SMILES string of the molecule is CN(C)CCCOc1ccc(-c2c(CC(=O)O)sc3ncccc23)cc1. The van der Waals surface area contributed by atoms with Crippen molar-refractivity contribution < 1.29 is 14.6 Å². The molecule has 0 saturated heterocycles. The Morgan fingerprint density at radius 1 is 1.23 bits per heavy atom. The van der Waals surface area contributed by atoms with Crippen molar-refractivity contribution in [1.82, 2.24) is 9.88 Å². The van der Waals surface area contributed by atoms with Crippen LogP contribution in [0.25, 0.3) is 21.3 Å². The number of ether oxygens (including phenoxy) is 1. The quantitative estimate of drug-likeness (QED) is 0.609. The van der Waals surface area contributed by atoms with E-state index in [0.717, 1.165) is 44.9 Å². The predicted molar refractivity (Wildman–Crippen MR) is 105 cm³/mol. The maximum absolute atomic E-state index is 11.2. The van der Waals surface area contributed by atoms with E-state index in [4.69, 9.17) is 4.74 Å². The zero-order chi connectivity index (χ0) is 18.5.